The standard InChI is InChI=1S/C17H18ClF2NO/c1-2-22-17-7-6-12(19)9-13(17)11(10-21)8-14-15(18)4-3-5-16(14)20/h3-7,9,11H,2,8,10,21H2,1H3. The summed E-state index contributed by atoms with van der Waals surface area (Å²) in [6.07, 6.45) is 0.283. The van der Waals surface area contributed by atoms with Crippen molar-refractivity contribution in [2.45, 2.75) is 19.3 Å². The minimum atomic E-state index is -0.389. The molecule has 1 unspecified atom stereocenters. The van der Waals surface area contributed by atoms with E-state index >= 15 is 0 Å². The molecule has 0 radical (unpaired) electrons. The van der Waals surface area contributed by atoms with Crippen molar-refractivity contribution >= 4 is 11.6 Å². The molecular formula is C17H18ClF2NO. The Morgan fingerprint density at radius 3 is 2.64 bits per heavy atom. The number of ether oxygens (including phenoxy) is 1. The zero-order chi connectivity index (χ0) is 16.1. The second-order valence-corrected chi connectivity index (χ2v) is 5.36. The van der Waals surface area contributed by atoms with Gasteiger partial charge in [-0.1, -0.05) is 17.7 Å². The van der Waals surface area contributed by atoms with Crippen molar-refractivity contribution in [3.05, 3.63) is 64.2 Å². The fourth-order valence-corrected chi connectivity index (χ4v) is 2.66. The van der Waals surface area contributed by atoms with E-state index < -0.39 is 0 Å². The van der Waals surface area contributed by atoms with E-state index in [1.807, 2.05) is 6.92 Å². The molecule has 5 heteroatoms. The number of hydrogen-bond acceptors (Lipinski definition) is 2. The minimum Gasteiger partial charge on any atom is -0.494 e. The highest BCUT2D eigenvalue weighted by Crippen LogP contribution is 2.32. The monoisotopic (exact) mass is 325 g/mol. The van der Waals surface area contributed by atoms with Crippen LogP contribution >= 0.6 is 11.6 Å². The summed E-state index contributed by atoms with van der Waals surface area (Å²) in [6, 6.07) is 8.81. The number of nitrogens with two attached hydrogens (primary N) is 1. The van der Waals surface area contributed by atoms with E-state index in [1.165, 1.54) is 18.2 Å². The largest absolute Gasteiger partial charge is 0.494 e. The van der Waals surface area contributed by atoms with E-state index in [-0.39, 0.29) is 30.5 Å². The van der Waals surface area contributed by atoms with Gasteiger partial charge in [0, 0.05) is 22.1 Å². The summed E-state index contributed by atoms with van der Waals surface area (Å²) in [7, 11) is 0. The lowest BCUT2D eigenvalue weighted by Crippen LogP contribution is -2.17. The van der Waals surface area contributed by atoms with Crippen LogP contribution in [0.4, 0.5) is 8.78 Å². The van der Waals surface area contributed by atoms with Gasteiger partial charge in [-0.25, -0.2) is 8.78 Å². The average Bonchev–Trinajstić information content (AvgIpc) is 2.49. The fourth-order valence-electron chi connectivity index (χ4n) is 2.42. The van der Waals surface area contributed by atoms with Crippen LogP contribution in [0.5, 0.6) is 5.75 Å². The predicted molar refractivity (Wildman–Crippen MR) is 84.5 cm³/mol. The van der Waals surface area contributed by atoms with Gasteiger partial charge in [0.25, 0.3) is 0 Å². The summed E-state index contributed by atoms with van der Waals surface area (Å²) < 4.78 is 33.1. The third-order valence-electron chi connectivity index (χ3n) is 3.51. The summed E-state index contributed by atoms with van der Waals surface area (Å²) in [4.78, 5) is 0. The van der Waals surface area contributed by atoms with Gasteiger partial charge >= 0.3 is 0 Å². The van der Waals surface area contributed by atoms with Crippen LogP contribution in [-0.4, -0.2) is 13.2 Å². The van der Waals surface area contributed by atoms with Gasteiger partial charge in [-0.3, -0.25) is 0 Å². The molecule has 0 bridgehead atoms. The molecule has 118 valence electrons. The maximum Gasteiger partial charge on any atom is 0.127 e. The predicted octanol–water partition coefficient (Wildman–Crippen LogP) is 4.30. The SMILES string of the molecule is CCOc1ccc(F)cc1C(CN)Cc1c(F)cccc1Cl. The van der Waals surface area contributed by atoms with Crippen LogP contribution in [0.25, 0.3) is 0 Å². The number of rotatable bonds is 6. The van der Waals surface area contributed by atoms with Crippen molar-refractivity contribution in [2.75, 3.05) is 13.2 Å². The number of hydrogen-bond donors (Lipinski definition) is 1. The molecule has 0 aliphatic carbocycles. The van der Waals surface area contributed by atoms with Crippen molar-refractivity contribution < 1.29 is 13.5 Å². The Kier molecular flexibility index (Phi) is 5.75. The first kappa shape index (κ1) is 16.7. The zero-order valence-corrected chi connectivity index (χ0v) is 13.0. The highest BCUT2D eigenvalue weighted by molar-refractivity contribution is 6.31. The summed E-state index contributed by atoms with van der Waals surface area (Å²) in [5.74, 6) is -0.490. The van der Waals surface area contributed by atoms with Gasteiger partial charge < -0.3 is 10.5 Å². The first-order chi connectivity index (χ1) is 10.6. The fraction of sp³-hybridized carbons (Fsp3) is 0.294. The van der Waals surface area contributed by atoms with Crippen LogP contribution in [0.1, 0.15) is 24.0 Å². The summed E-state index contributed by atoms with van der Waals surface area (Å²) >= 11 is 6.06. The molecule has 0 heterocycles. The molecule has 0 saturated carbocycles. The van der Waals surface area contributed by atoms with Gasteiger partial charge in [-0.2, -0.15) is 0 Å². The van der Waals surface area contributed by atoms with Crippen molar-refractivity contribution in [1.29, 1.82) is 0 Å². The van der Waals surface area contributed by atoms with E-state index in [0.717, 1.165) is 0 Å². The molecule has 0 aliphatic rings. The molecule has 2 aromatic carbocycles. The van der Waals surface area contributed by atoms with Crippen LogP contribution in [0.15, 0.2) is 36.4 Å². The molecule has 22 heavy (non-hydrogen) atoms. The molecular weight excluding hydrogens is 308 g/mol. The molecule has 2 aromatic rings. The molecule has 2 nitrogen and oxygen atoms in total. The van der Waals surface area contributed by atoms with Crippen molar-refractivity contribution in [1.82, 2.24) is 0 Å². The molecule has 0 fully saturated rings. The van der Waals surface area contributed by atoms with E-state index in [2.05, 4.69) is 0 Å². The van der Waals surface area contributed by atoms with Crippen molar-refractivity contribution in [3.8, 4) is 5.75 Å². The van der Waals surface area contributed by atoms with Gasteiger partial charge in [0.15, 0.2) is 0 Å². The Bertz CT molecular complexity index is 628. The number of benzene rings is 2. The van der Waals surface area contributed by atoms with Crippen molar-refractivity contribution in [3.63, 3.8) is 0 Å². The van der Waals surface area contributed by atoms with Crippen LogP contribution in [0.2, 0.25) is 5.02 Å². The maximum absolute atomic E-state index is 14.0. The third-order valence-corrected chi connectivity index (χ3v) is 3.86. The van der Waals surface area contributed by atoms with E-state index in [9.17, 15) is 8.78 Å². The summed E-state index contributed by atoms with van der Waals surface area (Å²) in [5.41, 5.74) is 6.83. The molecule has 2 N–H and O–H groups in total. The molecule has 0 saturated heterocycles. The lowest BCUT2D eigenvalue weighted by molar-refractivity contribution is 0.333. The molecule has 1 atom stereocenters. The normalized spacial score (nSPS) is 12.2. The van der Waals surface area contributed by atoms with Gasteiger partial charge in [-0.05, 0) is 50.2 Å². The molecule has 0 aromatic heterocycles. The Morgan fingerprint density at radius 2 is 2.00 bits per heavy atom. The van der Waals surface area contributed by atoms with Crippen LogP contribution in [-0.2, 0) is 6.42 Å². The van der Waals surface area contributed by atoms with Gasteiger partial charge in [0.1, 0.15) is 17.4 Å². The average molecular weight is 326 g/mol. The lowest BCUT2D eigenvalue weighted by Gasteiger charge is -2.20. The topological polar surface area (TPSA) is 35.2 Å². The van der Waals surface area contributed by atoms with Crippen LogP contribution in [0.3, 0.4) is 0 Å². The Hall–Kier alpha value is -1.65. The lowest BCUT2D eigenvalue weighted by atomic mass is 9.91. The second kappa shape index (κ2) is 7.56. The van der Waals surface area contributed by atoms with Crippen LogP contribution < -0.4 is 10.5 Å². The molecule has 0 spiro atoms. The Labute approximate surface area is 133 Å². The zero-order valence-electron chi connectivity index (χ0n) is 12.3. The van der Waals surface area contributed by atoms with Crippen LogP contribution in [0, 0.1) is 11.6 Å². The molecule has 0 aliphatic heterocycles. The number of halogens is 3. The van der Waals surface area contributed by atoms with E-state index in [1.54, 1.807) is 18.2 Å². The van der Waals surface area contributed by atoms with E-state index in [0.29, 0.717) is 28.5 Å². The molecule has 0 amide bonds. The van der Waals surface area contributed by atoms with Gasteiger partial charge in [0.2, 0.25) is 0 Å². The Balaban J connectivity index is 2.38. The maximum atomic E-state index is 14.0. The first-order valence-electron chi connectivity index (χ1n) is 7.12. The molecule has 2 rings (SSSR count). The third kappa shape index (κ3) is 3.76. The summed E-state index contributed by atoms with van der Waals surface area (Å²) in [6.45, 7) is 2.53. The van der Waals surface area contributed by atoms with Crippen molar-refractivity contribution in [2.24, 2.45) is 5.73 Å². The summed E-state index contributed by atoms with van der Waals surface area (Å²) in [5, 5.41) is 0.341. The second-order valence-electron chi connectivity index (χ2n) is 4.95. The highest BCUT2D eigenvalue weighted by Gasteiger charge is 2.20. The van der Waals surface area contributed by atoms with Gasteiger partial charge in [-0.15, -0.1) is 0 Å². The highest BCUT2D eigenvalue weighted by atomic mass is 35.5. The van der Waals surface area contributed by atoms with Gasteiger partial charge in [0.05, 0.1) is 6.61 Å². The quantitative estimate of drug-likeness (QED) is 0.859. The smallest absolute Gasteiger partial charge is 0.127 e. The Morgan fingerprint density at radius 1 is 1.23 bits per heavy atom. The van der Waals surface area contributed by atoms with E-state index in [4.69, 9.17) is 22.1 Å². The minimum absolute atomic E-state index is 0.230. The first-order valence-corrected chi connectivity index (χ1v) is 7.49.